The number of rotatable bonds is 5. The summed E-state index contributed by atoms with van der Waals surface area (Å²) in [6, 6.07) is 16.7. The van der Waals surface area contributed by atoms with Crippen molar-refractivity contribution in [2.45, 2.75) is 26.9 Å². The van der Waals surface area contributed by atoms with E-state index in [2.05, 4.69) is 5.32 Å². The number of amides is 1. The first-order valence-corrected chi connectivity index (χ1v) is 9.52. The number of carbonyl (C=O) groups is 2. The minimum absolute atomic E-state index is 0.377. The Kier molecular flexibility index (Phi) is 5.72. The first-order valence-electron chi connectivity index (χ1n) is 8.64. The van der Waals surface area contributed by atoms with Gasteiger partial charge in [-0.1, -0.05) is 42.5 Å². The number of carbonyl (C=O) groups excluding carboxylic acids is 2. The highest BCUT2D eigenvalue weighted by atomic mass is 32.1. The standard InChI is InChI=1S/C22H21NO3S/c1-14-9-10-15(2)18(13-14)23-21(24)19(17-7-5-4-6-8-17)26-22(25)20-16(3)11-12-27-20/h4-13,19H,1-3H3,(H,23,24). The van der Waals surface area contributed by atoms with Crippen LogP contribution in [0, 0.1) is 20.8 Å². The summed E-state index contributed by atoms with van der Waals surface area (Å²) in [6.07, 6.45) is -1.03. The Labute approximate surface area is 162 Å². The second kappa shape index (κ2) is 8.18. The molecule has 138 valence electrons. The molecule has 0 bridgehead atoms. The summed E-state index contributed by atoms with van der Waals surface area (Å²) in [5.74, 6) is -0.870. The summed E-state index contributed by atoms with van der Waals surface area (Å²) in [5, 5.41) is 4.74. The maximum Gasteiger partial charge on any atom is 0.349 e. The molecule has 0 aliphatic carbocycles. The number of thiophene rings is 1. The van der Waals surface area contributed by atoms with Crippen molar-refractivity contribution in [2.75, 3.05) is 5.32 Å². The van der Waals surface area contributed by atoms with Gasteiger partial charge >= 0.3 is 5.97 Å². The molecule has 0 radical (unpaired) electrons. The highest BCUT2D eigenvalue weighted by Crippen LogP contribution is 2.25. The summed E-state index contributed by atoms with van der Waals surface area (Å²) >= 11 is 1.31. The number of aryl methyl sites for hydroxylation is 3. The van der Waals surface area contributed by atoms with Crippen molar-refractivity contribution in [1.82, 2.24) is 0 Å². The van der Waals surface area contributed by atoms with Crippen LogP contribution in [0.1, 0.15) is 38.0 Å². The SMILES string of the molecule is Cc1ccc(C)c(NC(=O)C(OC(=O)c2sccc2C)c2ccccc2)c1. The molecule has 1 atom stereocenters. The van der Waals surface area contributed by atoms with Gasteiger partial charge in [-0.3, -0.25) is 4.79 Å². The molecular weight excluding hydrogens is 358 g/mol. The molecule has 3 rings (SSSR count). The zero-order chi connectivity index (χ0) is 19.4. The molecule has 2 aromatic carbocycles. The van der Waals surface area contributed by atoms with Crippen LogP contribution in [0.2, 0.25) is 0 Å². The van der Waals surface area contributed by atoms with Gasteiger partial charge in [0.25, 0.3) is 5.91 Å². The van der Waals surface area contributed by atoms with Crippen LogP contribution in [0.5, 0.6) is 0 Å². The zero-order valence-corrected chi connectivity index (χ0v) is 16.3. The third-order valence-corrected chi connectivity index (χ3v) is 5.26. The lowest BCUT2D eigenvalue weighted by Gasteiger charge is -2.19. The van der Waals surface area contributed by atoms with Gasteiger partial charge in [0, 0.05) is 11.3 Å². The van der Waals surface area contributed by atoms with Crippen LogP contribution in [0.25, 0.3) is 0 Å². The Balaban J connectivity index is 1.88. The largest absolute Gasteiger partial charge is 0.443 e. The molecule has 0 aliphatic rings. The topological polar surface area (TPSA) is 55.4 Å². The Bertz CT molecular complexity index is 963. The van der Waals surface area contributed by atoms with Crippen molar-refractivity contribution < 1.29 is 14.3 Å². The molecule has 0 spiro atoms. The van der Waals surface area contributed by atoms with Crippen LogP contribution in [-0.2, 0) is 9.53 Å². The monoisotopic (exact) mass is 379 g/mol. The number of anilines is 1. The van der Waals surface area contributed by atoms with E-state index < -0.39 is 12.1 Å². The molecule has 0 saturated heterocycles. The summed E-state index contributed by atoms with van der Waals surface area (Å²) < 4.78 is 5.63. The van der Waals surface area contributed by atoms with Gasteiger partial charge in [0.1, 0.15) is 4.88 Å². The van der Waals surface area contributed by atoms with E-state index in [9.17, 15) is 9.59 Å². The highest BCUT2D eigenvalue weighted by Gasteiger charge is 2.27. The fourth-order valence-electron chi connectivity index (χ4n) is 2.71. The number of ether oxygens (including phenoxy) is 1. The zero-order valence-electron chi connectivity index (χ0n) is 15.5. The maximum atomic E-state index is 13.0. The van der Waals surface area contributed by atoms with Gasteiger partial charge in [-0.05, 0) is 55.0 Å². The average molecular weight is 379 g/mol. The predicted octanol–water partition coefficient (Wildman–Crippen LogP) is 5.21. The Morgan fingerprint density at radius 3 is 2.37 bits per heavy atom. The minimum atomic E-state index is -1.03. The molecule has 5 heteroatoms. The number of hydrogen-bond donors (Lipinski definition) is 1. The molecular formula is C22H21NO3S. The second-order valence-electron chi connectivity index (χ2n) is 6.44. The van der Waals surface area contributed by atoms with E-state index in [1.165, 1.54) is 11.3 Å². The van der Waals surface area contributed by atoms with Gasteiger partial charge in [0.2, 0.25) is 6.10 Å². The van der Waals surface area contributed by atoms with Crippen LogP contribution in [0.4, 0.5) is 5.69 Å². The Morgan fingerprint density at radius 1 is 0.963 bits per heavy atom. The van der Waals surface area contributed by atoms with E-state index in [4.69, 9.17) is 4.74 Å². The van der Waals surface area contributed by atoms with Crippen molar-refractivity contribution in [3.05, 3.63) is 87.1 Å². The molecule has 0 fully saturated rings. The van der Waals surface area contributed by atoms with Crippen LogP contribution < -0.4 is 5.32 Å². The molecule has 1 amide bonds. The van der Waals surface area contributed by atoms with Crippen LogP contribution in [0.3, 0.4) is 0 Å². The average Bonchev–Trinajstić information content (AvgIpc) is 3.09. The van der Waals surface area contributed by atoms with Crippen molar-refractivity contribution in [2.24, 2.45) is 0 Å². The summed E-state index contributed by atoms with van der Waals surface area (Å²) in [4.78, 5) is 26.1. The van der Waals surface area contributed by atoms with Gasteiger partial charge in [0.05, 0.1) is 0 Å². The number of esters is 1. The van der Waals surface area contributed by atoms with Gasteiger partial charge in [0.15, 0.2) is 0 Å². The summed E-state index contributed by atoms with van der Waals surface area (Å²) in [6.45, 7) is 5.73. The van der Waals surface area contributed by atoms with E-state index in [-0.39, 0.29) is 5.91 Å². The Morgan fingerprint density at radius 2 is 1.70 bits per heavy atom. The molecule has 1 aromatic heterocycles. The third kappa shape index (κ3) is 4.44. The quantitative estimate of drug-likeness (QED) is 0.619. The normalized spacial score (nSPS) is 11.7. The lowest BCUT2D eigenvalue weighted by Crippen LogP contribution is -2.26. The first kappa shape index (κ1) is 18.9. The lowest BCUT2D eigenvalue weighted by atomic mass is 10.1. The molecule has 0 aliphatic heterocycles. The molecule has 0 saturated carbocycles. The van der Waals surface area contributed by atoms with Crippen molar-refractivity contribution in [3.8, 4) is 0 Å². The van der Waals surface area contributed by atoms with E-state index in [0.29, 0.717) is 16.1 Å². The van der Waals surface area contributed by atoms with Crippen LogP contribution >= 0.6 is 11.3 Å². The number of nitrogens with one attached hydrogen (secondary N) is 1. The number of hydrogen-bond acceptors (Lipinski definition) is 4. The van der Waals surface area contributed by atoms with E-state index >= 15 is 0 Å². The van der Waals surface area contributed by atoms with E-state index in [0.717, 1.165) is 16.7 Å². The maximum absolute atomic E-state index is 13.0. The second-order valence-corrected chi connectivity index (χ2v) is 7.35. The van der Waals surface area contributed by atoms with E-state index in [1.54, 1.807) is 12.1 Å². The first-order chi connectivity index (χ1) is 13.0. The minimum Gasteiger partial charge on any atom is -0.443 e. The fourth-order valence-corrected chi connectivity index (χ4v) is 3.52. The molecule has 1 heterocycles. The summed E-state index contributed by atoms with van der Waals surface area (Å²) in [7, 11) is 0. The van der Waals surface area contributed by atoms with E-state index in [1.807, 2.05) is 68.6 Å². The predicted molar refractivity (Wildman–Crippen MR) is 108 cm³/mol. The van der Waals surface area contributed by atoms with Crippen molar-refractivity contribution >= 4 is 28.9 Å². The molecule has 4 nitrogen and oxygen atoms in total. The van der Waals surface area contributed by atoms with Gasteiger partial charge in [-0.15, -0.1) is 11.3 Å². The van der Waals surface area contributed by atoms with Gasteiger partial charge in [-0.25, -0.2) is 4.79 Å². The molecule has 1 unspecified atom stereocenters. The molecule has 27 heavy (non-hydrogen) atoms. The van der Waals surface area contributed by atoms with Crippen molar-refractivity contribution in [1.29, 1.82) is 0 Å². The lowest BCUT2D eigenvalue weighted by molar-refractivity contribution is -0.125. The van der Waals surface area contributed by atoms with Crippen LogP contribution in [0.15, 0.2) is 60.0 Å². The van der Waals surface area contributed by atoms with Gasteiger partial charge in [-0.2, -0.15) is 0 Å². The number of benzene rings is 2. The smallest absolute Gasteiger partial charge is 0.349 e. The third-order valence-electron chi connectivity index (χ3n) is 4.26. The fraction of sp³-hybridized carbons (Fsp3) is 0.182. The molecule has 1 N–H and O–H groups in total. The van der Waals surface area contributed by atoms with Crippen molar-refractivity contribution in [3.63, 3.8) is 0 Å². The molecule has 3 aromatic rings. The van der Waals surface area contributed by atoms with Crippen LogP contribution in [-0.4, -0.2) is 11.9 Å². The Hall–Kier alpha value is -2.92. The van der Waals surface area contributed by atoms with Gasteiger partial charge < -0.3 is 10.1 Å². The summed E-state index contributed by atoms with van der Waals surface area (Å²) in [5.41, 5.74) is 4.17. The highest BCUT2D eigenvalue weighted by molar-refractivity contribution is 7.12.